The highest BCUT2D eigenvalue weighted by Gasteiger charge is 2.22. The quantitative estimate of drug-likeness (QED) is 0.514. The van der Waals surface area contributed by atoms with Crippen LogP contribution in [0.5, 0.6) is 0 Å². The molecule has 0 fully saturated rings. The summed E-state index contributed by atoms with van der Waals surface area (Å²) in [7, 11) is 0. The van der Waals surface area contributed by atoms with Gasteiger partial charge in [0.1, 0.15) is 6.10 Å². The van der Waals surface area contributed by atoms with Gasteiger partial charge in [-0.2, -0.15) is 5.26 Å². The molecule has 0 bridgehead atoms. The van der Waals surface area contributed by atoms with Gasteiger partial charge in [0.25, 0.3) is 5.69 Å². The molecule has 7 heteroatoms. The lowest BCUT2D eigenvalue weighted by molar-refractivity contribution is -0.386. The van der Waals surface area contributed by atoms with Crippen LogP contribution in [0, 0.1) is 21.4 Å². The Morgan fingerprint density at radius 3 is 2.61 bits per heavy atom. The second-order valence-corrected chi connectivity index (χ2v) is 3.68. The van der Waals surface area contributed by atoms with Crippen molar-refractivity contribution in [3.63, 3.8) is 0 Å². The number of nitro groups is 1. The highest BCUT2D eigenvalue weighted by molar-refractivity contribution is 5.43. The molecule has 0 spiro atoms. The second-order valence-electron chi connectivity index (χ2n) is 3.68. The van der Waals surface area contributed by atoms with Crippen LogP contribution < -0.4 is 0 Å². The summed E-state index contributed by atoms with van der Waals surface area (Å²) < 4.78 is 0. The average molecular weight is 252 g/mol. The first-order valence-corrected chi connectivity index (χ1v) is 5.12. The largest absolute Gasteiger partial charge is 0.391 e. The van der Waals surface area contributed by atoms with E-state index in [1.54, 1.807) is 6.07 Å². The van der Waals surface area contributed by atoms with E-state index in [4.69, 9.17) is 10.4 Å². The third-order valence-corrected chi connectivity index (χ3v) is 2.48. The van der Waals surface area contributed by atoms with Crippen molar-refractivity contribution in [3.05, 3.63) is 39.4 Å². The van der Waals surface area contributed by atoms with Crippen LogP contribution in [0.25, 0.3) is 0 Å². The average Bonchev–Trinajstić information content (AvgIpc) is 2.37. The molecule has 1 aromatic carbocycles. The van der Waals surface area contributed by atoms with Gasteiger partial charge in [0.05, 0.1) is 35.7 Å². The summed E-state index contributed by atoms with van der Waals surface area (Å²) >= 11 is 0. The van der Waals surface area contributed by atoms with E-state index in [1.807, 2.05) is 0 Å². The first kappa shape index (κ1) is 14.1. The fourth-order valence-electron chi connectivity index (χ4n) is 1.50. The summed E-state index contributed by atoms with van der Waals surface area (Å²) in [6.07, 6.45) is -2.97. The van der Waals surface area contributed by atoms with Crippen molar-refractivity contribution in [1.82, 2.24) is 0 Å². The van der Waals surface area contributed by atoms with Gasteiger partial charge in [-0.25, -0.2) is 0 Å². The van der Waals surface area contributed by atoms with E-state index >= 15 is 0 Å². The Morgan fingerprint density at radius 2 is 2.11 bits per heavy atom. The molecule has 0 aliphatic heterocycles. The third kappa shape index (κ3) is 3.01. The molecule has 1 rings (SSSR count). The standard InChI is InChI=1S/C11H12N2O5/c12-4-3-10(15)11(16)7-1-2-8(6-14)9(5-7)13(17)18/h1-2,5,10-11,14-16H,3,6H2. The SMILES string of the molecule is N#CCC(O)C(O)c1ccc(CO)c([N+](=O)[O-])c1. The molecule has 0 saturated carbocycles. The molecule has 18 heavy (non-hydrogen) atoms. The monoisotopic (exact) mass is 252 g/mol. The van der Waals surface area contributed by atoms with Crippen molar-refractivity contribution in [2.24, 2.45) is 0 Å². The molecular formula is C11H12N2O5. The van der Waals surface area contributed by atoms with Crippen LogP contribution in [-0.4, -0.2) is 26.3 Å². The van der Waals surface area contributed by atoms with Crippen molar-refractivity contribution in [1.29, 1.82) is 5.26 Å². The zero-order chi connectivity index (χ0) is 13.7. The van der Waals surface area contributed by atoms with E-state index in [0.29, 0.717) is 0 Å². The van der Waals surface area contributed by atoms with Crippen LogP contribution in [-0.2, 0) is 6.61 Å². The highest BCUT2D eigenvalue weighted by Crippen LogP contribution is 2.26. The van der Waals surface area contributed by atoms with Crippen LogP contribution in [0.3, 0.4) is 0 Å². The maximum absolute atomic E-state index is 10.7. The molecule has 96 valence electrons. The summed E-state index contributed by atoms with van der Waals surface area (Å²) in [4.78, 5) is 10.1. The minimum Gasteiger partial charge on any atom is -0.391 e. The summed E-state index contributed by atoms with van der Waals surface area (Å²) in [6, 6.07) is 5.44. The summed E-state index contributed by atoms with van der Waals surface area (Å²) in [5, 5.41) is 47.2. The molecule has 3 N–H and O–H groups in total. The van der Waals surface area contributed by atoms with Gasteiger partial charge in [-0.15, -0.1) is 0 Å². The number of hydrogen-bond acceptors (Lipinski definition) is 6. The number of aliphatic hydroxyl groups is 3. The van der Waals surface area contributed by atoms with Gasteiger partial charge in [0.15, 0.2) is 0 Å². The highest BCUT2D eigenvalue weighted by atomic mass is 16.6. The molecule has 0 saturated heterocycles. The zero-order valence-corrected chi connectivity index (χ0v) is 9.35. The van der Waals surface area contributed by atoms with Crippen molar-refractivity contribution >= 4 is 5.69 Å². The zero-order valence-electron chi connectivity index (χ0n) is 9.35. The van der Waals surface area contributed by atoms with Crippen LogP contribution >= 0.6 is 0 Å². The van der Waals surface area contributed by atoms with Crippen molar-refractivity contribution in [2.75, 3.05) is 0 Å². The summed E-state index contributed by atoms with van der Waals surface area (Å²) in [6.45, 7) is -0.493. The molecule has 1 aromatic rings. The van der Waals surface area contributed by atoms with Gasteiger partial charge >= 0.3 is 0 Å². The number of nitro benzene ring substituents is 1. The minimum absolute atomic E-state index is 0.116. The Labute approximate surface area is 103 Å². The Bertz CT molecular complexity index is 483. The fraction of sp³-hybridized carbons (Fsp3) is 0.364. The maximum atomic E-state index is 10.7. The van der Waals surface area contributed by atoms with Crippen LogP contribution in [0.15, 0.2) is 18.2 Å². The minimum atomic E-state index is -1.38. The first-order valence-electron chi connectivity index (χ1n) is 5.12. The lowest BCUT2D eigenvalue weighted by Gasteiger charge is -2.15. The van der Waals surface area contributed by atoms with E-state index in [9.17, 15) is 20.3 Å². The Morgan fingerprint density at radius 1 is 1.44 bits per heavy atom. The number of aliphatic hydroxyl groups excluding tert-OH is 3. The van der Waals surface area contributed by atoms with Crippen LogP contribution in [0.1, 0.15) is 23.7 Å². The van der Waals surface area contributed by atoms with E-state index in [2.05, 4.69) is 0 Å². The Kier molecular flexibility index (Phi) is 4.74. The third-order valence-electron chi connectivity index (χ3n) is 2.48. The molecule has 0 aliphatic carbocycles. The van der Waals surface area contributed by atoms with Gasteiger partial charge in [0.2, 0.25) is 0 Å². The van der Waals surface area contributed by atoms with E-state index < -0.39 is 23.7 Å². The first-order chi connectivity index (χ1) is 8.51. The van der Waals surface area contributed by atoms with Gasteiger partial charge in [0, 0.05) is 6.07 Å². The number of nitriles is 1. The number of hydrogen-bond donors (Lipinski definition) is 3. The summed E-state index contributed by atoms with van der Waals surface area (Å²) in [5.74, 6) is 0. The van der Waals surface area contributed by atoms with Gasteiger partial charge in [-0.3, -0.25) is 10.1 Å². The van der Waals surface area contributed by atoms with Crippen LogP contribution in [0.4, 0.5) is 5.69 Å². The fourth-order valence-corrected chi connectivity index (χ4v) is 1.50. The lowest BCUT2D eigenvalue weighted by atomic mass is 10.00. The van der Waals surface area contributed by atoms with E-state index in [-0.39, 0.29) is 23.2 Å². The predicted molar refractivity (Wildman–Crippen MR) is 60.2 cm³/mol. The molecule has 7 nitrogen and oxygen atoms in total. The molecule has 0 heterocycles. The van der Waals surface area contributed by atoms with E-state index in [1.165, 1.54) is 12.1 Å². The van der Waals surface area contributed by atoms with Gasteiger partial charge < -0.3 is 15.3 Å². The lowest BCUT2D eigenvalue weighted by Crippen LogP contribution is -2.17. The molecule has 2 atom stereocenters. The number of rotatable bonds is 5. The van der Waals surface area contributed by atoms with Gasteiger partial charge in [-0.1, -0.05) is 6.07 Å². The van der Waals surface area contributed by atoms with Crippen molar-refractivity contribution in [2.45, 2.75) is 25.2 Å². The molecule has 0 radical (unpaired) electrons. The maximum Gasteiger partial charge on any atom is 0.275 e. The molecular weight excluding hydrogens is 240 g/mol. The van der Waals surface area contributed by atoms with E-state index in [0.717, 1.165) is 6.07 Å². The van der Waals surface area contributed by atoms with Crippen molar-refractivity contribution < 1.29 is 20.2 Å². The summed E-state index contributed by atoms with van der Waals surface area (Å²) in [5.41, 5.74) is -0.0921. The number of benzene rings is 1. The molecule has 2 unspecified atom stereocenters. The molecule has 0 aromatic heterocycles. The number of nitrogens with zero attached hydrogens (tertiary/aromatic N) is 2. The van der Waals surface area contributed by atoms with Crippen molar-refractivity contribution in [3.8, 4) is 6.07 Å². The predicted octanol–water partition coefficient (Wildman–Crippen LogP) is 0.395. The van der Waals surface area contributed by atoms with Crippen LogP contribution in [0.2, 0.25) is 0 Å². The Hall–Kier alpha value is -2.01. The normalized spacial score (nSPS) is 13.7. The second kappa shape index (κ2) is 6.07. The smallest absolute Gasteiger partial charge is 0.275 e. The Balaban J connectivity index is 3.08. The molecule has 0 amide bonds. The topological polar surface area (TPSA) is 128 Å². The van der Waals surface area contributed by atoms with Gasteiger partial charge in [-0.05, 0) is 11.6 Å². The molecule has 0 aliphatic rings.